The molecule has 0 bridgehead atoms. The molecule has 0 atom stereocenters. The summed E-state index contributed by atoms with van der Waals surface area (Å²) in [5, 5.41) is 18.7. The third kappa shape index (κ3) is 5.93. The fraction of sp³-hybridized carbons (Fsp3) is 0.222. The summed E-state index contributed by atoms with van der Waals surface area (Å²) in [7, 11) is 0. The average Bonchev–Trinajstić information content (AvgIpc) is 2.64. The Morgan fingerprint density at radius 1 is 1.22 bits per heavy atom. The van der Waals surface area contributed by atoms with Gasteiger partial charge in [-0.2, -0.15) is 5.10 Å². The Labute approximate surface area is 162 Å². The molecule has 2 aromatic carbocycles. The molecule has 0 aliphatic rings. The van der Waals surface area contributed by atoms with Crippen LogP contribution < -0.4 is 20.2 Å². The summed E-state index contributed by atoms with van der Waals surface area (Å²) in [4.78, 5) is 10.9. The summed E-state index contributed by atoms with van der Waals surface area (Å²) in [6, 6.07) is 12.4. The zero-order valence-electron chi connectivity index (χ0n) is 15.0. The normalized spacial score (nSPS) is 10.4. The van der Waals surface area contributed by atoms with Gasteiger partial charge in [0, 0.05) is 17.3 Å². The van der Waals surface area contributed by atoms with Gasteiger partial charge in [0.1, 0.15) is 0 Å². The van der Waals surface area contributed by atoms with Gasteiger partial charge in [0.15, 0.2) is 10.9 Å². The Balaban J connectivity index is 2.15. The van der Waals surface area contributed by atoms with E-state index in [1.54, 1.807) is 19.9 Å². The van der Waals surface area contributed by atoms with Crippen molar-refractivity contribution in [3.63, 3.8) is 0 Å². The van der Waals surface area contributed by atoms with Gasteiger partial charge >= 0.3 is 5.69 Å². The van der Waals surface area contributed by atoms with E-state index in [-0.39, 0.29) is 18.0 Å². The Morgan fingerprint density at radius 3 is 2.56 bits per heavy atom. The standard InChI is InChI=1S/C18H20N4O4S/c1-3-25-16-11-13(10-15(22(23)24)17(16)26-4-2)12-19-21-18(27)20-14-8-6-5-7-9-14/h5-12H,3-4H2,1-2H3,(H2,20,21,27)/b19-12+. The van der Waals surface area contributed by atoms with E-state index in [2.05, 4.69) is 15.8 Å². The number of hydrogen-bond donors (Lipinski definition) is 2. The van der Waals surface area contributed by atoms with E-state index < -0.39 is 4.92 Å². The van der Waals surface area contributed by atoms with Crippen LogP contribution in [-0.4, -0.2) is 29.5 Å². The van der Waals surface area contributed by atoms with Crippen LogP contribution in [0.15, 0.2) is 47.6 Å². The van der Waals surface area contributed by atoms with E-state index in [0.29, 0.717) is 23.0 Å². The van der Waals surface area contributed by atoms with Crippen LogP contribution in [0.25, 0.3) is 0 Å². The minimum Gasteiger partial charge on any atom is -0.490 e. The number of nitrogens with one attached hydrogen (secondary N) is 2. The molecule has 2 aromatic rings. The van der Waals surface area contributed by atoms with Crippen molar-refractivity contribution in [1.29, 1.82) is 0 Å². The lowest BCUT2D eigenvalue weighted by Gasteiger charge is -2.12. The van der Waals surface area contributed by atoms with Gasteiger partial charge < -0.3 is 14.8 Å². The highest BCUT2D eigenvalue weighted by molar-refractivity contribution is 7.80. The predicted octanol–water partition coefficient (Wildman–Crippen LogP) is 3.71. The van der Waals surface area contributed by atoms with E-state index in [9.17, 15) is 10.1 Å². The molecule has 0 radical (unpaired) electrons. The number of thiocarbonyl (C=S) groups is 1. The lowest BCUT2D eigenvalue weighted by molar-refractivity contribution is -0.385. The first kappa shape index (κ1) is 20.1. The van der Waals surface area contributed by atoms with Crippen molar-refractivity contribution in [2.75, 3.05) is 18.5 Å². The van der Waals surface area contributed by atoms with Crippen LogP contribution in [0.2, 0.25) is 0 Å². The maximum absolute atomic E-state index is 11.4. The van der Waals surface area contributed by atoms with E-state index >= 15 is 0 Å². The number of nitrogens with zero attached hydrogens (tertiary/aromatic N) is 2. The van der Waals surface area contributed by atoms with E-state index in [1.807, 2.05) is 30.3 Å². The molecule has 2 N–H and O–H groups in total. The van der Waals surface area contributed by atoms with Gasteiger partial charge in [-0.05, 0) is 44.3 Å². The molecule has 0 saturated carbocycles. The Morgan fingerprint density at radius 2 is 1.93 bits per heavy atom. The number of nitro benzene ring substituents is 1. The Hall–Kier alpha value is -3.20. The molecule has 9 heteroatoms. The molecule has 2 rings (SSSR count). The van der Waals surface area contributed by atoms with E-state index in [4.69, 9.17) is 21.7 Å². The maximum Gasteiger partial charge on any atom is 0.315 e. The minimum atomic E-state index is -0.514. The summed E-state index contributed by atoms with van der Waals surface area (Å²) in [6.07, 6.45) is 1.42. The Bertz CT molecular complexity index is 828. The predicted molar refractivity (Wildman–Crippen MR) is 109 cm³/mol. The van der Waals surface area contributed by atoms with Gasteiger partial charge in [-0.3, -0.25) is 15.5 Å². The first-order valence-corrected chi connectivity index (χ1v) is 8.69. The number of ether oxygens (including phenoxy) is 2. The summed E-state index contributed by atoms with van der Waals surface area (Å²) in [5.74, 6) is 0.399. The number of nitro groups is 1. The third-order valence-corrected chi connectivity index (χ3v) is 3.45. The number of para-hydroxylation sites is 1. The topological polar surface area (TPSA) is 98.0 Å². The van der Waals surface area contributed by atoms with Crippen molar-refractivity contribution in [2.45, 2.75) is 13.8 Å². The molecule has 0 aliphatic heterocycles. The minimum absolute atomic E-state index is 0.107. The largest absolute Gasteiger partial charge is 0.490 e. The van der Waals surface area contributed by atoms with Crippen LogP contribution in [0.3, 0.4) is 0 Å². The molecule has 0 fully saturated rings. The lowest BCUT2D eigenvalue weighted by atomic mass is 10.2. The van der Waals surface area contributed by atoms with Crippen LogP contribution in [0.5, 0.6) is 11.5 Å². The summed E-state index contributed by atoms with van der Waals surface area (Å²) in [6.45, 7) is 4.17. The van der Waals surface area contributed by atoms with Crippen LogP contribution in [-0.2, 0) is 0 Å². The number of hydrogen-bond acceptors (Lipinski definition) is 6. The molecule has 0 heterocycles. The van der Waals surface area contributed by atoms with Crippen molar-refractivity contribution in [3.05, 3.63) is 58.1 Å². The second-order valence-electron chi connectivity index (χ2n) is 5.18. The fourth-order valence-corrected chi connectivity index (χ4v) is 2.39. The van der Waals surface area contributed by atoms with Crippen LogP contribution >= 0.6 is 12.2 Å². The molecule has 0 aromatic heterocycles. The SMILES string of the molecule is CCOc1cc(/C=N/NC(=S)Nc2ccccc2)cc([N+](=O)[O-])c1OCC. The molecule has 0 saturated heterocycles. The van der Waals surface area contributed by atoms with E-state index in [0.717, 1.165) is 5.69 Å². The maximum atomic E-state index is 11.4. The smallest absolute Gasteiger partial charge is 0.315 e. The summed E-state index contributed by atoms with van der Waals surface area (Å²) >= 11 is 5.15. The second kappa shape index (κ2) is 10.1. The van der Waals surface area contributed by atoms with Gasteiger partial charge in [-0.25, -0.2) is 0 Å². The fourth-order valence-electron chi connectivity index (χ4n) is 2.22. The van der Waals surface area contributed by atoms with Crippen LogP contribution in [0.4, 0.5) is 11.4 Å². The third-order valence-electron chi connectivity index (χ3n) is 3.25. The highest BCUT2D eigenvalue weighted by Gasteiger charge is 2.22. The molecular weight excluding hydrogens is 368 g/mol. The molecule has 0 aliphatic carbocycles. The molecule has 0 unspecified atom stereocenters. The number of rotatable bonds is 8. The molecule has 8 nitrogen and oxygen atoms in total. The number of anilines is 1. The van der Waals surface area contributed by atoms with E-state index in [1.165, 1.54) is 12.3 Å². The number of benzene rings is 2. The average molecular weight is 388 g/mol. The summed E-state index contributed by atoms with van der Waals surface area (Å²) in [5.41, 5.74) is 3.78. The van der Waals surface area contributed by atoms with Crippen molar-refractivity contribution in [1.82, 2.24) is 5.43 Å². The van der Waals surface area contributed by atoms with Crippen LogP contribution in [0, 0.1) is 10.1 Å². The highest BCUT2D eigenvalue weighted by atomic mass is 32.1. The number of hydrazone groups is 1. The van der Waals surface area contributed by atoms with Crippen molar-refractivity contribution < 1.29 is 14.4 Å². The molecule has 27 heavy (non-hydrogen) atoms. The second-order valence-corrected chi connectivity index (χ2v) is 5.59. The lowest BCUT2D eigenvalue weighted by Crippen LogP contribution is -2.23. The molecular formula is C18H20N4O4S. The molecule has 0 amide bonds. The van der Waals surface area contributed by atoms with Crippen molar-refractivity contribution in [3.8, 4) is 11.5 Å². The zero-order valence-corrected chi connectivity index (χ0v) is 15.8. The molecule has 0 spiro atoms. The first-order chi connectivity index (χ1) is 13.0. The van der Waals surface area contributed by atoms with Crippen molar-refractivity contribution in [2.24, 2.45) is 5.10 Å². The summed E-state index contributed by atoms with van der Waals surface area (Å²) < 4.78 is 10.9. The zero-order chi connectivity index (χ0) is 19.6. The van der Waals surface area contributed by atoms with Gasteiger partial charge in [0.25, 0.3) is 0 Å². The van der Waals surface area contributed by atoms with Gasteiger partial charge in [0.05, 0.1) is 24.4 Å². The van der Waals surface area contributed by atoms with Gasteiger partial charge in [-0.1, -0.05) is 18.2 Å². The van der Waals surface area contributed by atoms with Gasteiger partial charge in [-0.15, -0.1) is 0 Å². The van der Waals surface area contributed by atoms with Gasteiger partial charge in [0.2, 0.25) is 5.75 Å². The Kier molecular flexibility index (Phi) is 7.50. The quantitative estimate of drug-likeness (QED) is 0.308. The van der Waals surface area contributed by atoms with Crippen LogP contribution in [0.1, 0.15) is 19.4 Å². The monoisotopic (exact) mass is 388 g/mol. The molecule has 142 valence electrons. The van der Waals surface area contributed by atoms with Crippen molar-refractivity contribution >= 4 is 34.9 Å². The highest BCUT2D eigenvalue weighted by Crippen LogP contribution is 2.38. The first-order valence-electron chi connectivity index (χ1n) is 8.28.